The fourth-order valence-corrected chi connectivity index (χ4v) is 4.47. The molecule has 3 aromatic rings. The molecule has 5 atom stereocenters. The van der Waals surface area contributed by atoms with Crippen molar-refractivity contribution in [3.8, 4) is 0 Å². The second kappa shape index (κ2) is 10.5. The van der Waals surface area contributed by atoms with Crippen molar-refractivity contribution in [2.75, 3.05) is 6.61 Å². The Morgan fingerprint density at radius 1 is 0.824 bits per heavy atom. The second-order valence-corrected chi connectivity index (χ2v) is 8.36. The number of ether oxygens (including phenoxy) is 2. The Morgan fingerprint density at radius 2 is 1.26 bits per heavy atom. The van der Waals surface area contributed by atoms with Crippen LogP contribution in [0.15, 0.2) is 91.0 Å². The zero-order valence-corrected chi connectivity index (χ0v) is 18.8. The number of aliphatic hydroxyl groups is 3. The van der Waals surface area contributed by atoms with Gasteiger partial charge in [0.15, 0.2) is 6.29 Å². The Hall–Kier alpha value is -3.07. The van der Waals surface area contributed by atoms with Crippen LogP contribution in [0.4, 0.5) is 0 Å². The highest BCUT2D eigenvalue weighted by atomic mass is 16.6. The molecular formula is C27H29NO6. The van der Waals surface area contributed by atoms with E-state index >= 15 is 0 Å². The summed E-state index contributed by atoms with van der Waals surface area (Å²) >= 11 is 0. The molecule has 0 radical (unpaired) electrons. The van der Waals surface area contributed by atoms with Crippen molar-refractivity contribution in [3.63, 3.8) is 0 Å². The van der Waals surface area contributed by atoms with Gasteiger partial charge < -0.3 is 30.1 Å². The van der Waals surface area contributed by atoms with Crippen LogP contribution >= 0.6 is 0 Å². The second-order valence-electron chi connectivity index (χ2n) is 8.36. The lowest BCUT2D eigenvalue weighted by molar-refractivity contribution is -0.268. The van der Waals surface area contributed by atoms with Crippen molar-refractivity contribution in [3.05, 3.63) is 108 Å². The number of nitrogens with one attached hydrogen (secondary N) is 1. The number of carbonyl (C=O) groups excluding carboxylic acids is 1. The highest BCUT2D eigenvalue weighted by molar-refractivity contribution is 5.73. The molecule has 0 spiro atoms. The van der Waals surface area contributed by atoms with Crippen molar-refractivity contribution in [2.45, 2.75) is 43.2 Å². The van der Waals surface area contributed by atoms with Crippen LogP contribution < -0.4 is 5.32 Å². The molecule has 1 heterocycles. The Bertz CT molecular complexity index is 966. The summed E-state index contributed by atoms with van der Waals surface area (Å²) < 4.78 is 12.1. The molecule has 0 saturated carbocycles. The first-order valence-corrected chi connectivity index (χ1v) is 11.2. The van der Waals surface area contributed by atoms with Crippen molar-refractivity contribution in [2.24, 2.45) is 0 Å². The third-order valence-electron chi connectivity index (χ3n) is 6.10. The van der Waals surface area contributed by atoms with Crippen LogP contribution in [-0.2, 0) is 19.9 Å². The molecule has 0 aromatic heterocycles. The van der Waals surface area contributed by atoms with Crippen LogP contribution in [0.25, 0.3) is 0 Å². The van der Waals surface area contributed by atoms with E-state index in [9.17, 15) is 20.1 Å². The van der Waals surface area contributed by atoms with E-state index in [1.54, 1.807) is 0 Å². The van der Waals surface area contributed by atoms with E-state index in [0.29, 0.717) is 0 Å². The van der Waals surface area contributed by atoms with Gasteiger partial charge in [0.2, 0.25) is 5.91 Å². The molecule has 4 rings (SSSR count). The molecule has 1 saturated heterocycles. The van der Waals surface area contributed by atoms with E-state index in [-0.39, 0.29) is 6.61 Å². The van der Waals surface area contributed by atoms with Crippen molar-refractivity contribution >= 4 is 5.91 Å². The number of amides is 1. The van der Waals surface area contributed by atoms with Crippen LogP contribution in [0.2, 0.25) is 0 Å². The average molecular weight is 464 g/mol. The highest BCUT2D eigenvalue weighted by Gasteiger charge is 2.46. The van der Waals surface area contributed by atoms with Gasteiger partial charge in [0.05, 0.1) is 12.6 Å². The molecule has 0 bridgehead atoms. The summed E-state index contributed by atoms with van der Waals surface area (Å²) in [5.74, 6) is -0.441. The molecule has 0 aliphatic carbocycles. The normalized spacial score (nSPS) is 25.0. The third kappa shape index (κ3) is 4.75. The molecule has 1 aliphatic heterocycles. The zero-order chi connectivity index (χ0) is 24.1. The van der Waals surface area contributed by atoms with Crippen molar-refractivity contribution in [1.29, 1.82) is 0 Å². The number of aliphatic hydroxyl groups excluding tert-OH is 3. The molecule has 7 heteroatoms. The Balaban J connectivity index is 1.74. The maximum absolute atomic E-state index is 11.6. The lowest BCUT2D eigenvalue weighted by Gasteiger charge is -2.43. The van der Waals surface area contributed by atoms with Gasteiger partial charge in [-0.05, 0) is 16.7 Å². The molecule has 1 amide bonds. The Labute approximate surface area is 198 Å². The van der Waals surface area contributed by atoms with Gasteiger partial charge in [0.25, 0.3) is 0 Å². The van der Waals surface area contributed by atoms with Gasteiger partial charge in [-0.1, -0.05) is 91.0 Å². The van der Waals surface area contributed by atoms with E-state index in [2.05, 4.69) is 5.32 Å². The minimum absolute atomic E-state index is 0.125. The summed E-state index contributed by atoms with van der Waals surface area (Å²) in [5, 5.41) is 33.9. The molecule has 1 unspecified atom stereocenters. The standard InChI is InChI=1S/C27H29NO6/c1-18(29)28-23-24(30)22(34-26(32)25(23)31)17-33-27(19-11-5-2-6-12-19,20-13-7-3-8-14-20)21-15-9-4-10-16-21/h2-16,22-26,30-32H,17H2,1H3,(H,28,29)/t22-,23-,24-,25+,26?/m1/s1. The van der Waals surface area contributed by atoms with Gasteiger partial charge in [-0.15, -0.1) is 0 Å². The van der Waals surface area contributed by atoms with Gasteiger partial charge in [0, 0.05) is 6.92 Å². The largest absolute Gasteiger partial charge is 0.388 e. The maximum atomic E-state index is 11.6. The van der Waals surface area contributed by atoms with Crippen LogP contribution in [0.5, 0.6) is 0 Å². The molecule has 34 heavy (non-hydrogen) atoms. The lowest BCUT2D eigenvalue weighted by Crippen LogP contribution is -2.64. The summed E-state index contributed by atoms with van der Waals surface area (Å²) in [6.45, 7) is 1.15. The lowest BCUT2D eigenvalue weighted by atomic mass is 9.80. The molecular weight excluding hydrogens is 434 g/mol. The van der Waals surface area contributed by atoms with E-state index in [0.717, 1.165) is 16.7 Å². The molecule has 7 nitrogen and oxygen atoms in total. The molecule has 3 aromatic carbocycles. The molecule has 1 aliphatic rings. The predicted molar refractivity (Wildman–Crippen MR) is 126 cm³/mol. The Kier molecular flexibility index (Phi) is 7.41. The summed E-state index contributed by atoms with van der Waals surface area (Å²) in [6.07, 6.45) is -5.38. The Morgan fingerprint density at radius 3 is 1.68 bits per heavy atom. The van der Waals surface area contributed by atoms with Crippen molar-refractivity contribution in [1.82, 2.24) is 5.32 Å². The van der Waals surface area contributed by atoms with E-state index in [1.165, 1.54) is 6.92 Å². The number of carbonyl (C=O) groups is 1. The van der Waals surface area contributed by atoms with Gasteiger partial charge >= 0.3 is 0 Å². The maximum Gasteiger partial charge on any atom is 0.217 e. The number of benzene rings is 3. The summed E-state index contributed by atoms with van der Waals surface area (Å²) in [4.78, 5) is 11.6. The van der Waals surface area contributed by atoms with Crippen LogP contribution in [-0.4, -0.2) is 58.5 Å². The third-order valence-corrected chi connectivity index (χ3v) is 6.10. The highest BCUT2D eigenvalue weighted by Crippen LogP contribution is 2.41. The van der Waals surface area contributed by atoms with Crippen LogP contribution in [0, 0.1) is 0 Å². The zero-order valence-electron chi connectivity index (χ0n) is 18.8. The monoisotopic (exact) mass is 463 g/mol. The summed E-state index contributed by atoms with van der Waals surface area (Å²) in [7, 11) is 0. The minimum atomic E-state index is -1.59. The predicted octanol–water partition coefficient (Wildman–Crippen LogP) is 1.94. The summed E-state index contributed by atoms with van der Waals surface area (Å²) in [6, 6.07) is 28.1. The minimum Gasteiger partial charge on any atom is -0.388 e. The molecule has 178 valence electrons. The number of hydrogen-bond acceptors (Lipinski definition) is 6. The fourth-order valence-electron chi connectivity index (χ4n) is 4.47. The fraction of sp³-hybridized carbons (Fsp3) is 0.296. The van der Waals surface area contributed by atoms with Crippen LogP contribution in [0.3, 0.4) is 0 Å². The topological polar surface area (TPSA) is 108 Å². The molecule has 4 N–H and O–H groups in total. The first-order valence-electron chi connectivity index (χ1n) is 11.2. The SMILES string of the molecule is CC(=O)N[C@@H]1[C@H](O)[C@@H](COC(c2ccccc2)(c2ccccc2)c2ccccc2)OC(O)[C@H]1O. The van der Waals surface area contributed by atoms with Crippen molar-refractivity contribution < 1.29 is 29.6 Å². The number of hydrogen-bond donors (Lipinski definition) is 4. The molecule has 1 fully saturated rings. The quantitative estimate of drug-likeness (QED) is 0.399. The van der Waals surface area contributed by atoms with Crippen LogP contribution in [0.1, 0.15) is 23.6 Å². The van der Waals surface area contributed by atoms with E-state index in [4.69, 9.17) is 9.47 Å². The van der Waals surface area contributed by atoms with Gasteiger partial charge in [-0.3, -0.25) is 4.79 Å². The van der Waals surface area contributed by atoms with Gasteiger partial charge in [0.1, 0.15) is 23.9 Å². The van der Waals surface area contributed by atoms with Gasteiger partial charge in [-0.2, -0.15) is 0 Å². The smallest absolute Gasteiger partial charge is 0.217 e. The number of rotatable bonds is 7. The van der Waals surface area contributed by atoms with E-state index in [1.807, 2.05) is 91.0 Å². The van der Waals surface area contributed by atoms with E-state index < -0.39 is 42.2 Å². The summed E-state index contributed by atoms with van der Waals surface area (Å²) in [5.41, 5.74) is 1.57. The average Bonchev–Trinajstić information content (AvgIpc) is 2.87. The first-order chi connectivity index (χ1) is 16.4. The van der Waals surface area contributed by atoms with Gasteiger partial charge in [-0.25, -0.2) is 0 Å². The first kappa shape index (κ1) is 24.1.